The standard InChI is InChI=1S/C9H13NS.ClH/c1-2-7-11-9-5-3-8(10)4-6-9;/h3-6H,2,7,10H2,1H3;1H. The fourth-order valence-electron chi connectivity index (χ4n) is 0.784. The fraction of sp³-hybridized carbons (Fsp3) is 0.333. The van der Waals surface area contributed by atoms with Gasteiger partial charge in [-0.05, 0) is 36.4 Å². The second-order valence-corrected chi connectivity index (χ2v) is 3.59. The number of nitrogens with two attached hydrogens (primary N) is 1. The maximum atomic E-state index is 5.55. The maximum absolute atomic E-state index is 5.55. The van der Waals surface area contributed by atoms with Crippen LogP contribution in [0.3, 0.4) is 0 Å². The zero-order valence-corrected chi connectivity index (χ0v) is 8.75. The summed E-state index contributed by atoms with van der Waals surface area (Å²) in [6.07, 6.45) is 1.22. The molecule has 0 heterocycles. The third kappa shape index (κ3) is 3.88. The third-order valence-electron chi connectivity index (χ3n) is 1.35. The van der Waals surface area contributed by atoms with E-state index in [1.165, 1.54) is 17.1 Å². The maximum Gasteiger partial charge on any atom is 0.0314 e. The number of rotatable bonds is 3. The minimum atomic E-state index is 0. The molecule has 3 heteroatoms. The van der Waals surface area contributed by atoms with E-state index in [0.717, 1.165) is 5.69 Å². The second kappa shape index (κ2) is 6.21. The van der Waals surface area contributed by atoms with E-state index in [1.54, 1.807) is 0 Å². The lowest BCUT2D eigenvalue weighted by Crippen LogP contribution is -1.82. The highest BCUT2D eigenvalue weighted by atomic mass is 35.5. The van der Waals surface area contributed by atoms with Gasteiger partial charge in [0.15, 0.2) is 0 Å². The molecule has 0 fully saturated rings. The summed E-state index contributed by atoms with van der Waals surface area (Å²) < 4.78 is 0. The second-order valence-electron chi connectivity index (χ2n) is 2.42. The molecule has 0 unspecified atom stereocenters. The number of nitrogen functional groups attached to an aromatic ring is 1. The lowest BCUT2D eigenvalue weighted by atomic mass is 10.3. The van der Waals surface area contributed by atoms with Gasteiger partial charge >= 0.3 is 0 Å². The SMILES string of the molecule is CCCSc1ccc(N)cc1.Cl. The average Bonchev–Trinajstić information content (AvgIpc) is 2.04. The number of thioether (sulfide) groups is 1. The van der Waals surface area contributed by atoms with Crippen molar-refractivity contribution in [3.05, 3.63) is 24.3 Å². The molecule has 0 aliphatic rings. The van der Waals surface area contributed by atoms with Crippen molar-refractivity contribution in [2.45, 2.75) is 18.2 Å². The molecule has 0 radical (unpaired) electrons. The molecule has 2 N–H and O–H groups in total. The molecule has 68 valence electrons. The number of halogens is 1. The summed E-state index contributed by atoms with van der Waals surface area (Å²) in [4.78, 5) is 1.31. The van der Waals surface area contributed by atoms with Gasteiger partial charge in [-0.2, -0.15) is 0 Å². The van der Waals surface area contributed by atoms with E-state index in [0.29, 0.717) is 0 Å². The number of benzene rings is 1. The third-order valence-corrected chi connectivity index (χ3v) is 2.57. The lowest BCUT2D eigenvalue weighted by Gasteiger charge is -1.98. The zero-order chi connectivity index (χ0) is 8.10. The van der Waals surface area contributed by atoms with Gasteiger partial charge in [-0.3, -0.25) is 0 Å². The molecule has 0 bridgehead atoms. The molecule has 1 aromatic carbocycles. The van der Waals surface area contributed by atoms with Gasteiger partial charge in [-0.25, -0.2) is 0 Å². The first kappa shape index (κ1) is 11.7. The Balaban J connectivity index is 0.00000121. The van der Waals surface area contributed by atoms with Crippen LogP contribution < -0.4 is 5.73 Å². The molecular formula is C9H14ClNS. The fourth-order valence-corrected chi connectivity index (χ4v) is 1.55. The van der Waals surface area contributed by atoms with Crippen molar-refractivity contribution in [3.8, 4) is 0 Å². The molecule has 1 aromatic rings. The number of anilines is 1. The minimum absolute atomic E-state index is 0. The highest BCUT2D eigenvalue weighted by Gasteiger charge is 1.90. The Labute approximate surface area is 84.1 Å². The average molecular weight is 204 g/mol. The first-order valence-electron chi connectivity index (χ1n) is 3.81. The summed E-state index contributed by atoms with van der Waals surface area (Å²) in [5.74, 6) is 1.18. The van der Waals surface area contributed by atoms with Crippen LogP contribution in [0.15, 0.2) is 29.2 Å². The minimum Gasteiger partial charge on any atom is -0.399 e. The van der Waals surface area contributed by atoms with Crippen LogP contribution in [0.25, 0.3) is 0 Å². The Hall–Kier alpha value is -0.340. The predicted molar refractivity (Wildman–Crippen MR) is 59.1 cm³/mol. The van der Waals surface area contributed by atoms with Crippen molar-refractivity contribution in [3.63, 3.8) is 0 Å². The van der Waals surface area contributed by atoms with Crippen molar-refractivity contribution < 1.29 is 0 Å². The monoisotopic (exact) mass is 203 g/mol. The molecule has 0 amide bonds. The van der Waals surface area contributed by atoms with Gasteiger partial charge in [0.2, 0.25) is 0 Å². The quantitative estimate of drug-likeness (QED) is 0.603. The Morgan fingerprint density at radius 3 is 2.33 bits per heavy atom. The van der Waals surface area contributed by atoms with Crippen LogP contribution in [-0.2, 0) is 0 Å². The molecule has 1 rings (SSSR count). The zero-order valence-electron chi connectivity index (χ0n) is 7.12. The highest BCUT2D eigenvalue weighted by molar-refractivity contribution is 7.99. The summed E-state index contributed by atoms with van der Waals surface area (Å²) in [6, 6.07) is 8.02. The van der Waals surface area contributed by atoms with E-state index in [1.807, 2.05) is 23.9 Å². The Bertz CT molecular complexity index is 210. The van der Waals surface area contributed by atoms with Crippen LogP contribution in [0.5, 0.6) is 0 Å². The van der Waals surface area contributed by atoms with Gasteiger partial charge < -0.3 is 5.73 Å². The van der Waals surface area contributed by atoms with E-state index in [9.17, 15) is 0 Å². The van der Waals surface area contributed by atoms with E-state index in [4.69, 9.17) is 5.73 Å². The van der Waals surface area contributed by atoms with Crippen molar-refractivity contribution in [1.82, 2.24) is 0 Å². The van der Waals surface area contributed by atoms with Gasteiger partial charge in [0.25, 0.3) is 0 Å². The molecule has 0 aliphatic carbocycles. The Morgan fingerprint density at radius 1 is 1.25 bits per heavy atom. The van der Waals surface area contributed by atoms with E-state index < -0.39 is 0 Å². The normalized spacial score (nSPS) is 9.08. The summed E-state index contributed by atoms with van der Waals surface area (Å²) >= 11 is 1.87. The first-order valence-corrected chi connectivity index (χ1v) is 4.80. The lowest BCUT2D eigenvalue weighted by molar-refractivity contribution is 1.10. The van der Waals surface area contributed by atoms with Crippen LogP contribution in [0.2, 0.25) is 0 Å². The van der Waals surface area contributed by atoms with E-state index in [-0.39, 0.29) is 12.4 Å². The molecule has 0 aliphatic heterocycles. The van der Waals surface area contributed by atoms with Crippen molar-refractivity contribution in [2.75, 3.05) is 11.5 Å². The molecule has 0 aromatic heterocycles. The first-order chi connectivity index (χ1) is 5.33. The largest absolute Gasteiger partial charge is 0.399 e. The van der Waals surface area contributed by atoms with Gasteiger partial charge in [-0.1, -0.05) is 6.92 Å². The summed E-state index contributed by atoms with van der Waals surface area (Å²) in [5.41, 5.74) is 6.38. The van der Waals surface area contributed by atoms with Gasteiger partial charge in [0.05, 0.1) is 0 Å². The van der Waals surface area contributed by atoms with Gasteiger partial charge in [-0.15, -0.1) is 24.2 Å². The molecule has 12 heavy (non-hydrogen) atoms. The molecule has 0 saturated heterocycles. The summed E-state index contributed by atoms with van der Waals surface area (Å²) in [5, 5.41) is 0. The van der Waals surface area contributed by atoms with E-state index >= 15 is 0 Å². The van der Waals surface area contributed by atoms with Crippen molar-refractivity contribution >= 4 is 29.9 Å². The van der Waals surface area contributed by atoms with E-state index in [2.05, 4.69) is 19.1 Å². The Morgan fingerprint density at radius 2 is 1.83 bits per heavy atom. The Kier molecular flexibility index (Phi) is 6.03. The van der Waals surface area contributed by atoms with Crippen LogP contribution in [0.4, 0.5) is 5.69 Å². The molecule has 1 nitrogen and oxygen atoms in total. The van der Waals surface area contributed by atoms with Gasteiger partial charge in [0, 0.05) is 10.6 Å². The van der Waals surface area contributed by atoms with Gasteiger partial charge in [0.1, 0.15) is 0 Å². The number of hydrogen-bond donors (Lipinski definition) is 1. The van der Waals surface area contributed by atoms with Crippen molar-refractivity contribution in [2.24, 2.45) is 0 Å². The molecular weight excluding hydrogens is 190 g/mol. The summed E-state index contributed by atoms with van der Waals surface area (Å²) in [6.45, 7) is 2.18. The van der Waals surface area contributed by atoms with Crippen LogP contribution >= 0.6 is 24.2 Å². The topological polar surface area (TPSA) is 26.0 Å². The predicted octanol–water partition coefficient (Wildman–Crippen LogP) is 3.19. The molecule has 0 saturated carbocycles. The smallest absolute Gasteiger partial charge is 0.0314 e. The van der Waals surface area contributed by atoms with Crippen LogP contribution in [0, 0.1) is 0 Å². The molecule has 0 atom stereocenters. The number of hydrogen-bond acceptors (Lipinski definition) is 2. The van der Waals surface area contributed by atoms with Crippen LogP contribution in [-0.4, -0.2) is 5.75 Å². The summed E-state index contributed by atoms with van der Waals surface area (Å²) in [7, 11) is 0. The van der Waals surface area contributed by atoms with Crippen molar-refractivity contribution in [1.29, 1.82) is 0 Å². The van der Waals surface area contributed by atoms with Crippen LogP contribution in [0.1, 0.15) is 13.3 Å². The molecule has 0 spiro atoms. The highest BCUT2D eigenvalue weighted by Crippen LogP contribution is 2.19.